The van der Waals surface area contributed by atoms with E-state index in [1.807, 2.05) is 43.3 Å². The molecule has 1 aliphatic carbocycles. The SMILES string of the molecule is CN(C)c1ccc(Nc2cc(NC3CC3)n3ncc(C#N)c3n2)cc1CS(C)(=O)=O. The highest BCUT2D eigenvalue weighted by atomic mass is 32.2. The van der Waals surface area contributed by atoms with E-state index < -0.39 is 9.84 Å². The van der Waals surface area contributed by atoms with E-state index in [-0.39, 0.29) is 5.75 Å². The zero-order chi connectivity index (χ0) is 21.5. The average molecular weight is 426 g/mol. The van der Waals surface area contributed by atoms with Gasteiger partial charge in [-0.2, -0.15) is 14.9 Å². The Labute approximate surface area is 175 Å². The summed E-state index contributed by atoms with van der Waals surface area (Å²) in [6, 6.07) is 9.94. The summed E-state index contributed by atoms with van der Waals surface area (Å²) in [5.74, 6) is 1.25. The topological polar surface area (TPSA) is 115 Å². The van der Waals surface area contributed by atoms with E-state index in [0.29, 0.717) is 34.3 Å². The Hall–Kier alpha value is -3.32. The van der Waals surface area contributed by atoms with Crippen molar-refractivity contribution >= 4 is 38.5 Å². The summed E-state index contributed by atoms with van der Waals surface area (Å²) in [7, 11) is 0.561. The summed E-state index contributed by atoms with van der Waals surface area (Å²) in [4.78, 5) is 6.44. The lowest BCUT2D eigenvalue weighted by atomic mass is 10.1. The van der Waals surface area contributed by atoms with Crippen LogP contribution in [-0.2, 0) is 15.6 Å². The number of aromatic nitrogens is 3. The van der Waals surface area contributed by atoms with E-state index in [2.05, 4.69) is 26.8 Å². The second-order valence-corrected chi connectivity index (χ2v) is 9.92. The minimum atomic E-state index is -3.19. The summed E-state index contributed by atoms with van der Waals surface area (Å²) >= 11 is 0. The molecule has 0 spiro atoms. The predicted molar refractivity (Wildman–Crippen MR) is 117 cm³/mol. The van der Waals surface area contributed by atoms with Crippen LogP contribution in [-0.4, -0.2) is 49.4 Å². The molecule has 2 aromatic heterocycles. The lowest BCUT2D eigenvalue weighted by Gasteiger charge is -2.19. The fourth-order valence-electron chi connectivity index (χ4n) is 3.29. The molecule has 1 fully saturated rings. The molecule has 2 heterocycles. The van der Waals surface area contributed by atoms with Crippen LogP contribution in [0.1, 0.15) is 24.0 Å². The molecule has 0 bridgehead atoms. The van der Waals surface area contributed by atoms with Crippen molar-refractivity contribution in [1.29, 1.82) is 5.26 Å². The third-order valence-corrected chi connectivity index (χ3v) is 5.61. The smallest absolute Gasteiger partial charge is 0.177 e. The van der Waals surface area contributed by atoms with Gasteiger partial charge in [0.05, 0.1) is 11.9 Å². The molecule has 0 unspecified atom stereocenters. The number of benzene rings is 1. The second-order valence-electron chi connectivity index (χ2n) is 7.78. The van der Waals surface area contributed by atoms with Crippen molar-refractivity contribution in [2.24, 2.45) is 0 Å². The van der Waals surface area contributed by atoms with Crippen molar-refractivity contribution in [1.82, 2.24) is 14.6 Å². The third-order valence-electron chi connectivity index (χ3n) is 4.77. The van der Waals surface area contributed by atoms with Crippen LogP contribution in [0.15, 0.2) is 30.5 Å². The molecule has 4 rings (SSSR count). The molecule has 1 saturated carbocycles. The maximum absolute atomic E-state index is 11.9. The molecular formula is C20H23N7O2S. The summed E-state index contributed by atoms with van der Waals surface area (Å²) in [6.07, 6.45) is 4.92. The molecule has 10 heteroatoms. The number of anilines is 4. The number of hydrogen-bond acceptors (Lipinski definition) is 8. The quantitative estimate of drug-likeness (QED) is 0.593. The van der Waals surface area contributed by atoms with Crippen LogP contribution in [0.25, 0.3) is 5.65 Å². The lowest BCUT2D eigenvalue weighted by Crippen LogP contribution is -2.13. The van der Waals surface area contributed by atoms with E-state index in [1.54, 1.807) is 4.52 Å². The van der Waals surface area contributed by atoms with Crippen LogP contribution in [0, 0.1) is 11.3 Å². The van der Waals surface area contributed by atoms with E-state index in [9.17, 15) is 13.7 Å². The van der Waals surface area contributed by atoms with Gasteiger partial charge in [-0.3, -0.25) is 0 Å². The minimum Gasteiger partial charge on any atom is -0.377 e. The number of hydrogen-bond donors (Lipinski definition) is 2. The minimum absolute atomic E-state index is 0.0574. The number of nitrogens with one attached hydrogen (secondary N) is 2. The summed E-state index contributed by atoms with van der Waals surface area (Å²) in [5, 5.41) is 20.3. The molecule has 30 heavy (non-hydrogen) atoms. The Kier molecular flexibility index (Phi) is 4.99. The lowest BCUT2D eigenvalue weighted by molar-refractivity contribution is 0.601. The molecule has 3 aromatic rings. The Morgan fingerprint density at radius 2 is 2.07 bits per heavy atom. The molecule has 1 aliphatic rings. The van der Waals surface area contributed by atoms with Gasteiger partial charge in [0.15, 0.2) is 15.5 Å². The predicted octanol–water partition coefficient (Wildman–Crippen LogP) is 2.53. The van der Waals surface area contributed by atoms with Crippen molar-refractivity contribution in [3.63, 3.8) is 0 Å². The van der Waals surface area contributed by atoms with Gasteiger partial charge in [-0.25, -0.2) is 13.4 Å². The van der Waals surface area contributed by atoms with Gasteiger partial charge in [0.25, 0.3) is 0 Å². The van der Waals surface area contributed by atoms with E-state index in [1.165, 1.54) is 12.5 Å². The summed E-state index contributed by atoms with van der Waals surface area (Å²) in [5.41, 5.74) is 3.11. The maximum Gasteiger partial charge on any atom is 0.177 e. The van der Waals surface area contributed by atoms with Crippen molar-refractivity contribution in [2.75, 3.05) is 35.9 Å². The zero-order valence-electron chi connectivity index (χ0n) is 17.0. The van der Waals surface area contributed by atoms with Gasteiger partial charge >= 0.3 is 0 Å². The van der Waals surface area contributed by atoms with Gasteiger partial charge in [0, 0.05) is 43.8 Å². The van der Waals surface area contributed by atoms with Crippen LogP contribution in [0.5, 0.6) is 0 Å². The number of fused-ring (bicyclic) bond motifs is 1. The van der Waals surface area contributed by atoms with Gasteiger partial charge in [-0.05, 0) is 36.6 Å². The summed E-state index contributed by atoms with van der Waals surface area (Å²) < 4.78 is 25.4. The van der Waals surface area contributed by atoms with Gasteiger partial charge in [-0.1, -0.05) is 0 Å². The Morgan fingerprint density at radius 1 is 1.30 bits per heavy atom. The van der Waals surface area contributed by atoms with Crippen LogP contribution < -0.4 is 15.5 Å². The van der Waals surface area contributed by atoms with Gasteiger partial charge in [0.2, 0.25) is 0 Å². The van der Waals surface area contributed by atoms with Gasteiger partial charge in [0.1, 0.15) is 23.3 Å². The van der Waals surface area contributed by atoms with Gasteiger partial charge < -0.3 is 15.5 Å². The molecule has 1 aromatic carbocycles. The Balaban J connectivity index is 1.73. The second kappa shape index (κ2) is 7.50. The first-order valence-electron chi connectivity index (χ1n) is 9.54. The largest absolute Gasteiger partial charge is 0.377 e. The van der Waals surface area contributed by atoms with E-state index in [4.69, 9.17) is 0 Å². The third kappa shape index (κ3) is 4.31. The van der Waals surface area contributed by atoms with Crippen molar-refractivity contribution in [3.05, 3.63) is 41.6 Å². The van der Waals surface area contributed by atoms with Crippen LogP contribution >= 0.6 is 0 Å². The van der Waals surface area contributed by atoms with Crippen LogP contribution in [0.4, 0.5) is 23.0 Å². The van der Waals surface area contributed by atoms with Crippen LogP contribution in [0.3, 0.4) is 0 Å². The first kappa shape index (κ1) is 20.0. The van der Waals surface area contributed by atoms with E-state index >= 15 is 0 Å². The Morgan fingerprint density at radius 3 is 2.70 bits per heavy atom. The molecule has 2 N–H and O–H groups in total. The number of nitrogens with zero attached hydrogens (tertiary/aromatic N) is 5. The number of sulfone groups is 1. The molecule has 9 nitrogen and oxygen atoms in total. The van der Waals surface area contributed by atoms with Crippen molar-refractivity contribution < 1.29 is 8.42 Å². The highest BCUT2D eigenvalue weighted by Gasteiger charge is 2.23. The van der Waals surface area contributed by atoms with Crippen molar-refractivity contribution in [2.45, 2.75) is 24.6 Å². The fourth-order valence-corrected chi connectivity index (χ4v) is 4.09. The van der Waals surface area contributed by atoms with Crippen LogP contribution in [0.2, 0.25) is 0 Å². The first-order valence-corrected chi connectivity index (χ1v) is 11.6. The highest BCUT2D eigenvalue weighted by Crippen LogP contribution is 2.29. The summed E-state index contributed by atoms with van der Waals surface area (Å²) in [6.45, 7) is 0. The number of rotatable bonds is 7. The average Bonchev–Trinajstić information content (AvgIpc) is 3.37. The maximum atomic E-state index is 11.9. The Bertz CT molecular complexity index is 1250. The molecule has 0 radical (unpaired) electrons. The van der Waals surface area contributed by atoms with E-state index in [0.717, 1.165) is 24.3 Å². The van der Waals surface area contributed by atoms with Gasteiger partial charge in [-0.15, -0.1) is 0 Å². The molecule has 0 amide bonds. The monoisotopic (exact) mass is 425 g/mol. The molecular weight excluding hydrogens is 402 g/mol. The molecule has 0 aliphatic heterocycles. The van der Waals surface area contributed by atoms with Crippen molar-refractivity contribution in [3.8, 4) is 6.07 Å². The number of nitriles is 1. The molecule has 0 saturated heterocycles. The molecule has 156 valence electrons. The highest BCUT2D eigenvalue weighted by molar-refractivity contribution is 7.89. The fraction of sp³-hybridized carbons (Fsp3) is 0.350. The standard InChI is InChI=1S/C20H23N7O2S/c1-26(2)17-7-6-16(8-13(17)12-30(3,28)29)23-18-9-19(24-15-4-5-15)27-20(25-18)14(10-21)11-22-27/h6-9,11,15,24H,4-5,12H2,1-3H3,(H,23,25). The first-order chi connectivity index (χ1) is 14.2. The zero-order valence-corrected chi connectivity index (χ0v) is 17.9. The molecule has 0 atom stereocenters. The normalized spacial score (nSPS) is 13.8.